The molecule has 13 heteroatoms. The van der Waals surface area contributed by atoms with Gasteiger partial charge >= 0.3 is 6.03 Å². The number of ketones is 1. The molecule has 0 aromatic heterocycles. The van der Waals surface area contributed by atoms with E-state index in [2.05, 4.69) is 16.0 Å². The monoisotopic (exact) mass is 618 g/mol. The van der Waals surface area contributed by atoms with Crippen LogP contribution in [-0.2, 0) is 28.7 Å². The lowest BCUT2D eigenvalue weighted by molar-refractivity contribution is -0.145. The molecular weight excluding hydrogens is 568 g/mol. The molecule has 5 N–H and O–H groups in total. The number of carbonyl (C=O) groups excluding carboxylic acids is 6. The van der Waals surface area contributed by atoms with Crippen LogP contribution in [0.5, 0.6) is 0 Å². The van der Waals surface area contributed by atoms with E-state index in [1.165, 1.54) is 4.90 Å². The minimum absolute atomic E-state index is 0.0711. The van der Waals surface area contributed by atoms with Gasteiger partial charge in [-0.2, -0.15) is 0 Å². The molecule has 2 aliphatic heterocycles. The van der Waals surface area contributed by atoms with Crippen LogP contribution in [0.3, 0.4) is 0 Å². The van der Waals surface area contributed by atoms with Crippen LogP contribution in [0.1, 0.15) is 67.7 Å². The number of ether oxygens (including phenoxy) is 1. The van der Waals surface area contributed by atoms with Crippen molar-refractivity contribution in [2.24, 2.45) is 40.2 Å². The Bertz CT molecular complexity index is 1170. The van der Waals surface area contributed by atoms with Crippen LogP contribution in [0.4, 0.5) is 4.79 Å². The number of nitrogens with two attached hydrogens (primary N) is 1. The Morgan fingerprint density at radius 1 is 0.955 bits per heavy atom. The second-order valence-corrected chi connectivity index (χ2v) is 14.9. The van der Waals surface area contributed by atoms with E-state index in [0.717, 1.165) is 12.8 Å². The molecule has 2 aliphatic carbocycles. The van der Waals surface area contributed by atoms with Gasteiger partial charge in [-0.25, -0.2) is 4.79 Å². The van der Waals surface area contributed by atoms with E-state index in [1.54, 1.807) is 4.90 Å². The van der Waals surface area contributed by atoms with Gasteiger partial charge in [0, 0.05) is 19.6 Å². The lowest BCUT2D eigenvalue weighted by Gasteiger charge is -2.38. The van der Waals surface area contributed by atoms with Crippen molar-refractivity contribution in [2.75, 3.05) is 32.8 Å². The number of hydrogen-bond acceptors (Lipinski definition) is 7. The second kappa shape index (κ2) is 12.6. The Kier molecular flexibility index (Phi) is 9.68. The summed E-state index contributed by atoms with van der Waals surface area (Å²) in [5.41, 5.74) is 4.35. The van der Waals surface area contributed by atoms with E-state index >= 15 is 0 Å². The van der Waals surface area contributed by atoms with Crippen molar-refractivity contribution in [1.82, 2.24) is 25.8 Å². The predicted molar refractivity (Wildman–Crippen MR) is 161 cm³/mol. The Labute approximate surface area is 259 Å². The smallest absolute Gasteiger partial charge is 0.316 e. The molecule has 0 aromatic rings. The van der Waals surface area contributed by atoms with Gasteiger partial charge in [-0.1, -0.05) is 61.3 Å². The molecule has 4 aliphatic rings. The summed E-state index contributed by atoms with van der Waals surface area (Å²) in [5.74, 6) is -3.09. The van der Waals surface area contributed by atoms with Gasteiger partial charge in [0.15, 0.2) is 0 Å². The Morgan fingerprint density at radius 3 is 2.09 bits per heavy atom. The van der Waals surface area contributed by atoms with Crippen molar-refractivity contribution in [3.63, 3.8) is 0 Å². The summed E-state index contributed by atoms with van der Waals surface area (Å²) in [7, 11) is 0. The molecular formula is C31H50N6O7. The fourth-order valence-electron chi connectivity index (χ4n) is 6.78. The van der Waals surface area contributed by atoms with E-state index in [0.29, 0.717) is 39.3 Å². The number of urea groups is 1. The number of fused-ring (bicyclic) bond motifs is 1. The zero-order chi connectivity index (χ0) is 32.7. The number of amides is 6. The first-order valence-electron chi connectivity index (χ1n) is 15.8. The van der Waals surface area contributed by atoms with Gasteiger partial charge in [-0.3, -0.25) is 24.0 Å². The first kappa shape index (κ1) is 33.7. The minimum atomic E-state index is -1.10. The predicted octanol–water partition coefficient (Wildman–Crippen LogP) is 0.406. The number of carbonyl (C=O) groups is 6. The average Bonchev–Trinajstić information content (AvgIpc) is 3.80. The first-order chi connectivity index (χ1) is 20.4. The number of rotatable bonds is 11. The van der Waals surface area contributed by atoms with Gasteiger partial charge in [0.25, 0.3) is 5.91 Å². The van der Waals surface area contributed by atoms with Gasteiger partial charge in [0.1, 0.15) is 18.1 Å². The third-order valence-corrected chi connectivity index (χ3v) is 9.83. The molecule has 44 heavy (non-hydrogen) atoms. The molecule has 4 rings (SSSR count). The molecule has 0 aromatic carbocycles. The summed E-state index contributed by atoms with van der Waals surface area (Å²) in [6.07, 6.45) is 2.17. The van der Waals surface area contributed by atoms with Gasteiger partial charge in [0.05, 0.1) is 19.3 Å². The van der Waals surface area contributed by atoms with E-state index in [9.17, 15) is 28.8 Å². The van der Waals surface area contributed by atoms with Gasteiger partial charge in [0.2, 0.25) is 23.5 Å². The maximum absolute atomic E-state index is 14.2. The maximum Gasteiger partial charge on any atom is 0.316 e. The number of hydrogen-bond donors (Lipinski definition) is 4. The fourth-order valence-corrected chi connectivity index (χ4v) is 6.78. The van der Waals surface area contributed by atoms with Crippen LogP contribution < -0.4 is 21.7 Å². The van der Waals surface area contributed by atoms with E-state index in [-0.39, 0.29) is 35.0 Å². The maximum atomic E-state index is 14.2. The zero-order valence-corrected chi connectivity index (χ0v) is 27.1. The summed E-state index contributed by atoms with van der Waals surface area (Å²) in [5, 5.41) is 8.36. The molecule has 2 saturated heterocycles. The van der Waals surface area contributed by atoms with Crippen molar-refractivity contribution < 1.29 is 33.5 Å². The van der Waals surface area contributed by atoms with E-state index in [4.69, 9.17) is 10.5 Å². The number of nitrogens with one attached hydrogen (secondary N) is 3. The third-order valence-electron chi connectivity index (χ3n) is 9.83. The summed E-state index contributed by atoms with van der Waals surface area (Å²) >= 11 is 0. The molecule has 0 bridgehead atoms. The topological polar surface area (TPSA) is 180 Å². The van der Waals surface area contributed by atoms with Crippen molar-refractivity contribution in [1.29, 1.82) is 0 Å². The zero-order valence-electron chi connectivity index (χ0n) is 27.1. The molecule has 0 spiro atoms. The summed E-state index contributed by atoms with van der Waals surface area (Å²) in [4.78, 5) is 82.1. The quantitative estimate of drug-likeness (QED) is 0.242. The number of morpholine rings is 1. The fraction of sp³-hybridized carbons (Fsp3) is 0.806. The molecule has 13 nitrogen and oxygen atoms in total. The summed E-state index contributed by atoms with van der Waals surface area (Å²) < 4.78 is 5.35. The molecule has 6 atom stereocenters. The van der Waals surface area contributed by atoms with Crippen LogP contribution >= 0.6 is 0 Å². The number of likely N-dealkylation sites (tertiary alicyclic amines) is 1. The van der Waals surface area contributed by atoms with Crippen LogP contribution in [0.15, 0.2) is 0 Å². The standard InChI is InChI=1S/C31H50N6O7/c1-16(2)21(27(41)36-10-12-44-13-11-36)34-29(43)35-24(30(3,4)5)28(42)37-15-18-20(31(18,6)7)22(37)26(40)33-19(14-17-8-9-17)23(38)25(32)39/h16-22,24H,8-15H2,1-7H3,(H2,32,39)(H,33,40)(H2,34,35,43)/t18-,19?,20-,21-,22-,24+/m0/s1. The highest BCUT2D eigenvalue weighted by atomic mass is 16.5. The Hall–Kier alpha value is -3.22. The SMILES string of the molecule is CC(C)[C@H](NC(=O)N[C@H](C(=O)N1C[C@H]2[C@@H]([C@H]1C(=O)NC(CC1CC1)C(=O)C(N)=O)C2(C)C)C(C)(C)C)C(=O)N1CCOCC1. The lowest BCUT2D eigenvalue weighted by Crippen LogP contribution is -2.63. The number of nitrogens with zero attached hydrogens (tertiary/aromatic N) is 2. The van der Waals surface area contributed by atoms with Gasteiger partial charge < -0.3 is 36.2 Å². The highest BCUT2D eigenvalue weighted by Crippen LogP contribution is 2.65. The van der Waals surface area contributed by atoms with Crippen molar-refractivity contribution in [3.05, 3.63) is 0 Å². The highest BCUT2D eigenvalue weighted by molar-refractivity contribution is 6.37. The van der Waals surface area contributed by atoms with Crippen molar-refractivity contribution >= 4 is 35.4 Å². The molecule has 0 radical (unpaired) electrons. The largest absolute Gasteiger partial charge is 0.378 e. The molecule has 2 saturated carbocycles. The first-order valence-corrected chi connectivity index (χ1v) is 15.8. The summed E-state index contributed by atoms with van der Waals surface area (Å²) in [6, 6.07) is -4.37. The van der Waals surface area contributed by atoms with Gasteiger partial charge in [-0.15, -0.1) is 0 Å². The van der Waals surface area contributed by atoms with Crippen molar-refractivity contribution in [3.8, 4) is 0 Å². The Morgan fingerprint density at radius 2 is 1.57 bits per heavy atom. The molecule has 4 fully saturated rings. The van der Waals surface area contributed by atoms with Crippen LogP contribution in [0.25, 0.3) is 0 Å². The number of Topliss-reactive ketones (excluding diaryl/α,β-unsaturated/α-hetero) is 1. The van der Waals surface area contributed by atoms with Gasteiger partial charge in [-0.05, 0) is 40.9 Å². The van der Waals surface area contributed by atoms with Crippen LogP contribution in [-0.4, -0.2) is 102 Å². The lowest BCUT2D eigenvalue weighted by atomic mass is 9.85. The summed E-state index contributed by atoms with van der Waals surface area (Å²) in [6.45, 7) is 15.3. The van der Waals surface area contributed by atoms with Crippen LogP contribution in [0.2, 0.25) is 0 Å². The number of primary amides is 1. The molecule has 2 heterocycles. The Balaban J connectivity index is 1.51. The molecule has 246 valence electrons. The van der Waals surface area contributed by atoms with E-state index < -0.39 is 59.1 Å². The molecule has 6 amide bonds. The second-order valence-electron chi connectivity index (χ2n) is 14.9. The van der Waals surface area contributed by atoms with E-state index in [1.807, 2.05) is 48.5 Å². The third kappa shape index (κ3) is 7.18. The number of piperidine rings is 1. The van der Waals surface area contributed by atoms with Crippen molar-refractivity contribution in [2.45, 2.75) is 91.9 Å². The highest BCUT2D eigenvalue weighted by Gasteiger charge is 2.70. The molecule has 1 unspecified atom stereocenters. The average molecular weight is 619 g/mol. The van der Waals surface area contributed by atoms with Crippen LogP contribution in [0, 0.1) is 34.5 Å². The minimum Gasteiger partial charge on any atom is -0.378 e. The normalized spacial score (nSPS) is 26.2.